The van der Waals surface area contributed by atoms with Gasteiger partial charge in [0, 0.05) is 24.5 Å². The number of rotatable bonds is 5. The first-order chi connectivity index (χ1) is 7.80. The number of aliphatic hydroxyl groups is 1. The first-order valence-electron chi connectivity index (χ1n) is 5.28. The molecule has 1 aromatic rings. The molecule has 0 spiro atoms. The first kappa shape index (κ1) is 14.0. The molecule has 0 aliphatic heterocycles. The third-order valence-electron chi connectivity index (χ3n) is 2.44. The van der Waals surface area contributed by atoms with Crippen LogP contribution in [0, 0.1) is 0 Å². The van der Waals surface area contributed by atoms with Crippen molar-refractivity contribution in [2.75, 3.05) is 18.1 Å². The average molecular weight is 258 g/mol. The van der Waals surface area contributed by atoms with Crippen LogP contribution in [0.2, 0.25) is 0 Å². The van der Waals surface area contributed by atoms with E-state index in [1.54, 1.807) is 19.1 Å². The van der Waals surface area contributed by atoms with Gasteiger partial charge in [-0.3, -0.25) is 0 Å². The van der Waals surface area contributed by atoms with Crippen LogP contribution < -0.4 is 11.1 Å². The number of aliphatic hydroxyl groups excluding tert-OH is 1. The SMILES string of the molecule is CC(O)C(N)CNc1ccc(S(C)(=O)=O)cc1. The number of nitrogens with one attached hydrogen (secondary N) is 1. The zero-order valence-corrected chi connectivity index (χ0v) is 10.7. The molecule has 0 bridgehead atoms. The van der Waals surface area contributed by atoms with E-state index >= 15 is 0 Å². The lowest BCUT2D eigenvalue weighted by atomic mass is 10.2. The summed E-state index contributed by atoms with van der Waals surface area (Å²) in [6, 6.07) is 6.05. The molecular weight excluding hydrogens is 240 g/mol. The Kier molecular flexibility index (Phi) is 4.50. The number of benzene rings is 1. The van der Waals surface area contributed by atoms with Crippen LogP contribution in [0.15, 0.2) is 29.2 Å². The van der Waals surface area contributed by atoms with Crippen LogP contribution in [0.1, 0.15) is 6.92 Å². The predicted molar refractivity (Wildman–Crippen MR) is 67.7 cm³/mol. The first-order valence-corrected chi connectivity index (χ1v) is 7.17. The van der Waals surface area contributed by atoms with Crippen molar-refractivity contribution >= 4 is 15.5 Å². The Bertz CT molecular complexity index is 454. The fraction of sp³-hybridized carbons (Fsp3) is 0.455. The number of sulfone groups is 1. The molecule has 4 N–H and O–H groups in total. The minimum atomic E-state index is -3.16. The van der Waals surface area contributed by atoms with Gasteiger partial charge in [-0.25, -0.2) is 8.42 Å². The Morgan fingerprint density at radius 3 is 2.29 bits per heavy atom. The van der Waals surface area contributed by atoms with Crippen LogP contribution >= 0.6 is 0 Å². The van der Waals surface area contributed by atoms with Gasteiger partial charge in [0.05, 0.1) is 11.0 Å². The fourth-order valence-corrected chi connectivity index (χ4v) is 1.86. The lowest BCUT2D eigenvalue weighted by Crippen LogP contribution is -2.38. The molecule has 0 saturated heterocycles. The Morgan fingerprint density at radius 1 is 1.35 bits per heavy atom. The summed E-state index contributed by atoms with van der Waals surface area (Å²) in [5, 5.41) is 12.2. The maximum Gasteiger partial charge on any atom is 0.175 e. The summed E-state index contributed by atoms with van der Waals surface area (Å²) < 4.78 is 22.5. The van der Waals surface area contributed by atoms with Gasteiger partial charge < -0.3 is 16.2 Å². The van der Waals surface area contributed by atoms with Crippen molar-refractivity contribution in [1.82, 2.24) is 0 Å². The second-order valence-corrected chi connectivity index (χ2v) is 6.10. The Balaban J connectivity index is 2.64. The van der Waals surface area contributed by atoms with E-state index in [2.05, 4.69) is 5.32 Å². The molecule has 0 aromatic heterocycles. The van der Waals surface area contributed by atoms with Crippen molar-refractivity contribution in [3.8, 4) is 0 Å². The molecule has 6 heteroatoms. The summed E-state index contributed by atoms with van der Waals surface area (Å²) in [6.07, 6.45) is 0.580. The van der Waals surface area contributed by atoms with Crippen molar-refractivity contribution in [3.05, 3.63) is 24.3 Å². The molecule has 0 fully saturated rings. The van der Waals surface area contributed by atoms with Crippen LogP contribution in [0.3, 0.4) is 0 Å². The largest absolute Gasteiger partial charge is 0.392 e. The fourth-order valence-electron chi connectivity index (χ4n) is 1.23. The smallest absolute Gasteiger partial charge is 0.175 e. The minimum absolute atomic E-state index is 0.280. The molecule has 2 atom stereocenters. The summed E-state index contributed by atoms with van der Waals surface area (Å²) in [6.45, 7) is 2.05. The minimum Gasteiger partial charge on any atom is -0.392 e. The van der Waals surface area contributed by atoms with Gasteiger partial charge in [-0.1, -0.05) is 0 Å². The number of hydrogen-bond acceptors (Lipinski definition) is 5. The number of nitrogens with two attached hydrogens (primary N) is 1. The molecule has 0 saturated carbocycles. The quantitative estimate of drug-likeness (QED) is 0.702. The Labute approximate surface area is 102 Å². The van der Waals surface area contributed by atoms with E-state index in [4.69, 9.17) is 5.73 Å². The van der Waals surface area contributed by atoms with Gasteiger partial charge in [0.1, 0.15) is 0 Å². The topological polar surface area (TPSA) is 92.4 Å². The monoisotopic (exact) mass is 258 g/mol. The highest BCUT2D eigenvalue weighted by Crippen LogP contribution is 2.13. The number of anilines is 1. The second kappa shape index (κ2) is 5.48. The highest BCUT2D eigenvalue weighted by molar-refractivity contribution is 7.90. The standard InChI is InChI=1S/C11H18N2O3S/c1-8(14)11(12)7-13-9-3-5-10(6-4-9)17(2,15)16/h3-6,8,11,13-14H,7,12H2,1-2H3. The third kappa shape index (κ3) is 4.33. The van der Waals surface area contributed by atoms with E-state index in [0.717, 1.165) is 5.69 Å². The lowest BCUT2D eigenvalue weighted by Gasteiger charge is -2.16. The Hall–Kier alpha value is -1.11. The van der Waals surface area contributed by atoms with Crippen molar-refractivity contribution in [2.24, 2.45) is 5.73 Å². The highest BCUT2D eigenvalue weighted by Gasteiger charge is 2.09. The van der Waals surface area contributed by atoms with Crippen LogP contribution in [-0.4, -0.2) is 38.5 Å². The van der Waals surface area contributed by atoms with Crippen LogP contribution in [-0.2, 0) is 9.84 Å². The second-order valence-electron chi connectivity index (χ2n) is 4.08. The normalized spacial score (nSPS) is 15.3. The molecule has 17 heavy (non-hydrogen) atoms. The molecule has 0 radical (unpaired) electrons. The van der Waals surface area contributed by atoms with Crippen molar-refractivity contribution in [3.63, 3.8) is 0 Å². The molecule has 1 aromatic carbocycles. The van der Waals surface area contributed by atoms with Crippen molar-refractivity contribution in [1.29, 1.82) is 0 Å². The van der Waals surface area contributed by atoms with Crippen LogP contribution in [0.5, 0.6) is 0 Å². The van der Waals surface area contributed by atoms with Gasteiger partial charge in [-0.15, -0.1) is 0 Å². The number of hydrogen-bond donors (Lipinski definition) is 3. The molecule has 96 valence electrons. The average Bonchev–Trinajstić information content (AvgIpc) is 2.25. The van der Waals surface area contributed by atoms with E-state index in [1.165, 1.54) is 18.4 Å². The molecule has 2 unspecified atom stereocenters. The van der Waals surface area contributed by atoms with Gasteiger partial charge >= 0.3 is 0 Å². The van der Waals surface area contributed by atoms with E-state index in [0.29, 0.717) is 6.54 Å². The summed E-state index contributed by atoms with van der Waals surface area (Å²) in [7, 11) is -3.16. The summed E-state index contributed by atoms with van der Waals surface area (Å²) in [5.74, 6) is 0. The van der Waals surface area contributed by atoms with Gasteiger partial charge in [-0.05, 0) is 31.2 Å². The molecule has 0 amide bonds. The summed E-state index contributed by atoms with van der Waals surface area (Å²) in [5.41, 5.74) is 6.43. The van der Waals surface area contributed by atoms with E-state index in [-0.39, 0.29) is 10.9 Å². The van der Waals surface area contributed by atoms with Crippen LogP contribution in [0.25, 0.3) is 0 Å². The van der Waals surface area contributed by atoms with Gasteiger partial charge in [-0.2, -0.15) is 0 Å². The lowest BCUT2D eigenvalue weighted by molar-refractivity contribution is 0.168. The third-order valence-corrected chi connectivity index (χ3v) is 3.57. The van der Waals surface area contributed by atoms with Gasteiger partial charge in [0.25, 0.3) is 0 Å². The maximum absolute atomic E-state index is 11.2. The van der Waals surface area contributed by atoms with E-state index in [9.17, 15) is 13.5 Å². The van der Waals surface area contributed by atoms with Crippen molar-refractivity contribution in [2.45, 2.75) is 24.0 Å². The molecule has 1 rings (SSSR count). The molecule has 5 nitrogen and oxygen atoms in total. The van der Waals surface area contributed by atoms with Crippen molar-refractivity contribution < 1.29 is 13.5 Å². The summed E-state index contributed by atoms with van der Waals surface area (Å²) >= 11 is 0. The molecule has 0 aliphatic rings. The molecule has 0 aliphatic carbocycles. The maximum atomic E-state index is 11.2. The zero-order chi connectivity index (χ0) is 13.1. The zero-order valence-electron chi connectivity index (χ0n) is 9.92. The molecule has 0 heterocycles. The Morgan fingerprint density at radius 2 is 1.88 bits per heavy atom. The summed E-state index contributed by atoms with van der Waals surface area (Å²) in [4.78, 5) is 0.280. The van der Waals surface area contributed by atoms with Gasteiger partial charge in [0.15, 0.2) is 9.84 Å². The predicted octanol–water partition coefficient (Wildman–Crippen LogP) is 0.210. The van der Waals surface area contributed by atoms with E-state index < -0.39 is 15.9 Å². The molecular formula is C11H18N2O3S. The van der Waals surface area contributed by atoms with E-state index in [1.807, 2.05) is 0 Å². The van der Waals surface area contributed by atoms with Crippen LogP contribution in [0.4, 0.5) is 5.69 Å². The van der Waals surface area contributed by atoms with Gasteiger partial charge in [0.2, 0.25) is 0 Å². The highest BCUT2D eigenvalue weighted by atomic mass is 32.2.